The van der Waals surface area contributed by atoms with Crippen molar-refractivity contribution in [1.82, 2.24) is 4.98 Å². The van der Waals surface area contributed by atoms with Gasteiger partial charge in [-0.05, 0) is 49.1 Å². The number of nitrogens with one attached hydrogen (secondary N) is 1. The van der Waals surface area contributed by atoms with Crippen molar-refractivity contribution in [2.45, 2.75) is 24.7 Å². The fourth-order valence-electron chi connectivity index (χ4n) is 2.89. The normalized spacial score (nSPS) is 18.4. The van der Waals surface area contributed by atoms with Crippen LogP contribution in [-0.4, -0.2) is 26.5 Å². The second-order valence-corrected chi connectivity index (χ2v) is 8.28. The molecule has 1 aliphatic heterocycles. The highest BCUT2D eigenvalue weighted by Crippen LogP contribution is 2.24. The van der Waals surface area contributed by atoms with E-state index in [2.05, 4.69) is 21.5 Å². The number of sulfonamides is 1. The maximum Gasteiger partial charge on any atom is 0.263 e. The maximum absolute atomic E-state index is 12.4. The Kier molecular flexibility index (Phi) is 4.96. The highest BCUT2D eigenvalue weighted by molar-refractivity contribution is 7.92. The van der Waals surface area contributed by atoms with E-state index in [4.69, 9.17) is 11.6 Å². The third-order valence-corrected chi connectivity index (χ3v) is 5.70. The van der Waals surface area contributed by atoms with Crippen LogP contribution in [0.25, 0.3) is 0 Å². The number of pyridine rings is 1. The van der Waals surface area contributed by atoms with E-state index in [0.29, 0.717) is 16.8 Å². The van der Waals surface area contributed by atoms with Crippen LogP contribution in [0.2, 0.25) is 5.02 Å². The van der Waals surface area contributed by atoms with Crippen LogP contribution in [0.4, 0.5) is 11.5 Å². The lowest BCUT2D eigenvalue weighted by Gasteiger charge is -2.32. The Morgan fingerprint density at radius 3 is 2.79 bits per heavy atom. The van der Waals surface area contributed by atoms with Crippen LogP contribution in [-0.2, 0) is 10.0 Å². The van der Waals surface area contributed by atoms with Crippen molar-refractivity contribution >= 4 is 33.1 Å². The van der Waals surface area contributed by atoms with Gasteiger partial charge >= 0.3 is 0 Å². The summed E-state index contributed by atoms with van der Waals surface area (Å²) in [6, 6.07) is 9.74. The molecule has 1 saturated heterocycles. The van der Waals surface area contributed by atoms with Crippen LogP contribution in [0, 0.1) is 5.92 Å². The van der Waals surface area contributed by atoms with E-state index in [-0.39, 0.29) is 4.90 Å². The molecule has 128 valence electrons. The van der Waals surface area contributed by atoms with E-state index >= 15 is 0 Å². The van der Waals surface area contributed by atoms with Crippen molar-refractivity contribution < 1.29 is 8.42 Å². The van der Waals surface area contributed by atoms with Crippen LogP contribution < -0.4 is 9.62 Å². The van der Waals surface area contributed by atoms with Gasteiger partial charge in [0, 0.05) is 18.1 Å². The molecule has 1 unspecified atom stereocenters. The second kappa shape index (κ2) is 6.99. The number of aromatic nitrogens is 1. The summed E-state index contributed by atoms with van der Waals surface area (Å²) in [5.74, 6) is 0.962. The first kappa shape index (κ1) is 17.0. The van der Waals surface area contributed by atoms with Crippen LogP contribution in [0.15, 0.2) is 47.5 Å². The molecule has 1 atom stereocenters. The summed E-state index contributed by atoms with van der Waals surface area (Å²) in [5.41, 5.74) is 1.02. The second-order valence-electron chi connectivity index (χ2n) is 6.16. The standard InChI is InChI=1S/C17H20ClN3O2S/c1-13-4-3-9-21(12-13)15-7-8-17(19-11-15)20-24(22,23)16-6-2-5-14(18)10-16/h2,5-8,10-11,13H,3-4,9,12H2,1H3,(H,19,20). The molecule has 0 radical (unpaired) electrons. The number of hydrogen-bond acceptors (Lipinski definition) is 4. The topological polar surface area (TPSA) is 62.3 Å². The van der Waals surface area contributed by atoms with Crippen LogP contribution in [0.5, 0.6) is 0 Å². The van der Waals surface area contributed by atoms with Crippen molar-refractivity contribution in [2.24, 2.45) is 5.92 Å². The van der Waals surface area contributed by atoms with Crippen LogP contribution in [0.3, 0.4) is 0 Å². The molecule has 2 aromatic rings. The van der Waals surface area contributed by atoms with Crippen LogP contribution in [0.1, 0.15) is 19.8 Å². The van der Waals surface area contributed by atoms with Crippen LogP contribution >= 0.6 is 11.6 Å². The molecule has 0 spiro atoms. The molecular formula is C17H20ClN3O2S. The van der Waals surface area contributed by atoms with Gasteiger partial charge in [0.05, 0.1) is 16.8 Å². The molecule has 1 aliphatic rings. The largest absolute Gasteiger partial charge is 0.370 e. The molecule has 0 aliphatic carbocycles. The number of halogens is 1. The molecule has 1 aromatic carbocycles. The SMILES string of the molecule is CC1CCCN(c2ccc(NS(=O)(=O)c3cccc(Cl)c3)nc2)C1. The first-order chi connectivity index (χ1) is 11.4. The molecule has 0 bridgehead atoms. The lowest BCUT2D eigenvalue weighted by Crippen LogP contribution is -2.34. The van der Waals surface area contributed by atoms with Crippen molar-refractivity contribution in [1.29, 1.82) is 0 Å². The maximum atomic E-state index is 12.4. The van der Waals surface area contributed by atoms with Gasteiger partial charge in [0.25, 0.3) is 10.0 Å². The average molecular weight is 366 g/mol. The Balaban J connectivity index is 1.74. The first-order valence-corrected chi connectivity index (χ1v) is 9.79. The summed E-state index contributed by atoms with van der Waals surface area (Å²) in [7, 11) is -3.69. The van der Waals surface area contributed by atoms with Gasteiger partial charge in [-0.1, -0.05) is 24.6 Å². The molecule has 2 heterocycles. The number of nitrogens with zero attached hydrogens (tertiary/aromatic N) is 2. The molecule has 1 N–H and O–H groups in total. The Hall–Kier alpha value is -1.79. The zero-order valence-electron chi connectivity index (χ0n) is 13.4. The fraction of sp³-hybridized carbons (Fsp3) is 0.353. The number of benzene rings is 1. The Bertz CT molecular complexity index is 809. The van der Waals surface area contributed by atoms with Crippen molar-refractivity contribution in [2.75, 3.05) is 22.7 Å². The van der Waals surface area contributed by atoms with Gasteiger partial charge in [0.1, 0.15) is 5.82 Å². The molecular weight excluding hydrogens is 346 g/mol. The number of anilines is 2. The Labute approximate surface area is 147 Å². The lowest BCUT2D eigenvalue weighted by molar-refractivity contribution is 0.446. The zero-order valence-corrected chi connectivity index (χ0v) is 15.0. The van der Waals surface area contributed by atoms with E-state index in [1.54, 1.807) is 24.4 Å². The minimum atomic E-state index is -3.69. The molecule has 1 aromatic heterocycles. The summed E-state index contributed by atoms with van der Waals surface area (Å²) < 4.78 is 27.2. The Morgan fingerprint density at radius 2 is 2.12 bits per heavy atom. The van der Waals surface area contributed by atoms with E-state index < -0.39 is 10.0 Å². The van der Waals surface area contributed by atoms with Gasteiger partial charge in [0.15, 0.2) is 0 Å². The first-order valence-electron chi connectivity index (χ1n) is 7.93. The van der Waals surface area contributed by atoms with Gasteiger partial charge in [-0.2, -0.15) is 0 Å². The highest BCUT2D eigenvalue weighted by Gasteiger charge is 2.18. The van der Waals surface area contributed by atoms with Crippen molar-refractivity contribution in [3.63, 3.8) is 0 Å². The third-order valence-electron chi connectivity index (χ3n) is 4.12. The third kappa shape index (κ3) is 3.99. The van der Waals surface area contributed by atoms with E-state index in [0.717, 1.165) is 18.8 Å². The smallest absolute Gasteiger partial charge is 0.263 e. The molecule has 0 amide bonds. The van der Waals surface area contributed by atoms with E-state index in [1.165, 1.54) is 25.0 Å². The molecule has 5 nitrogen and oxygen atoms in total. The van der Waals surface area contributed by atoms with E-state index in [1.807, 2.05) is 6.07 Å². The van der Waals surface area contributed by atoms with Gasteiger partial charge in [0.2, 0.25) is 0 Å². The molecule has 1 fully saturated rings. The highest BCUT2D eigenvalue weighted by atomic mass is 35.5. The van der Waals surface area contributed by atoms with Crippen molar-refractivity contribution in [3.05, 3.63) is 47.6 Å². The summed E-state index contributed by atoms with van der Waals surface area (Å²) in [4.78, 5) is 6.65. The van der Waals surface area contributed by atoms with Gasteiger partial charge in [-0.15, -0.1) is 0 Å². The van der Waals surface area contributed by atoms with E-state index in [9.17, 15) is 8.42 Å². The number of rotatable bonds is 4. The quantitative estimate of drug-likeness (QED) is 0.895. The summed E-state index contributed by atoms with van der Waals surface area (Å²) in [6.45, 7) is 4.27. The molecule has 0 saturated carbocycles. The Morgan fingerprint density at radius 1 is 1.29 bits per heavy atom. The zero-order chi connectivity index (χ0) is 17.2. The molecule has 3 rings (SSSR count). The summed E-state index contributed by atoms with van der Waals surface area (Å²) >= 11 is 5.86. The van der Waals surface area contributed by atoms with Crippen molar-refractivity contribution in [3.8, 4) is 0 Å². The number of hydrogen-bond donors (Lipinski definition) is 1. The lowest BCUT2D eigenvalue weighted by atomic mass is 10.00. The number of piperidine rings is 1. The minimum Gasteiger partial charge on any atom is -0.370 e. The average Bonchev–Trinajstić information content (AvgIpc) is 2.55. The van der Waals surface area contributed by atoms with Gasteiger partial charge in [-0.3, -0.25) is 4.72 Å². The predicted octanol–water partition coefficient (Wildman–Crippen LogP) is 3.77. The monoisotopic (exact) mass is 365 g/mol. The van der Waals surface area contributed by atoms with Gasteiger partial charge < -0.3 is 4.90 Å². The summed E-state index contributed by atoms with van der Waals surface area (Å²) in [6.07, 6.45) is 4.14. The predicted molar refractivity (Wildman–Crippen MR) is 97.1 cm³/mol. The molecule has 7 heteroatoms. The minimum absolute atomic E-state index is 0.116. The molecule has 24 heavy (non-hydrogen) atoms. The van der Waals surface area contributed by atoms with Gasteiger partial charge in [-0.25, -0.2) is 13.4 Å². The summed E-state index contributed by atoms with van der Waals surface area (Å²) in [5, 5.41) is 0.375. The fourth-order valence-corrected chi connectivity index (χ4v) is 4.20.